The van der Waals surface area contributed by atoms with Gasteiger partial charge in [0.25, 0.3) is 0 Å². The van der Waals surface area contributed by atoms with Crippen molar-refractivity contribution in [3.8, 4) is 0 Å². The van der Waals surface area contributed by atoms with E-state index in [4.69, 9.17) is 9.73 Å². The summed E-state index contributed by atoms with van der Waals surface area (Å²) in [5, 5.41) is 12.7. The van der Waals surface area contributed by atoms with Gasteiger partial charge in [0.05, 0.1) is 6.61 Å². The highest BCUT2D eigenvalue weighted by Gasteiger charge is 2.42. The smallest absolute Gasteiger partial charge is 0.193 e. The highest BCUT2D eigenvalue weighted by Crippen LogP contribution is 2.38. The number of nitrogens with zero attached hydrogens (tertiary/aromatic N) is 2. The lowest BCUT2D eigenvalue weighted by molar-refractivity contribution is 0.156. The minimum Gasteiger partial charge on any atom is -0.396 e. The summed E-state index contributed by atoms with van der Waals surface area (Å²) >= 11 is 0. The molecule has 2 aliphatic heterocycles. The topological polar surface area (TPSA) is 57.1 Å². The van der Waals surface area contributed by atoms with Gasteiger partial charge in [0.15, 0.2) is 5.96 Å². The molecule has 0 aromatic heterocycles. The van der Waals surface area contributed by atoms with Crippen molar-refractivity contribution >= 4 is 5.96 Å². The summed E-state index contributed by atoms with van der Waals surface area (Å²) in [6.45, 7) is 12.5. The molecule has 2 rings (SSSR count). The maximum Gasteiger partial charge on any atom is 0.193 e. The van der Waals surface area contributed by atoms with E-state index in [2.05, 4.69) is 31.0 Å². The van der Waals surface area contributed by atoms with Crippen molar-refractivity contribution in [2.75, 3.05) is 46.0 Å². The summed E-state index contributed by atoms with van der Waals surface area (Å²) in [7, 11) is 0. The lowest BCUT2D eigenvalue weighted by atomic mass is 9.87. The lowest BCUT2D eigenvalue weighted by Crippen LogP contribution is -2.41. The van der Waals surface area contributed by atoms with Crippen molar-refractivity contribution in [3.05, 3.63) is 0 Å². The van der Waals surface area contributed by atoms with Crippen LogP contribution in [0.4, 0.5) is 0 Å². The molecule has 2 heterocycles. The van der Waals surface area contributed by atoms with Crippen molar-refractivity contribution in [2.45, 2.75) is 46.5 Å². The van der Waals surface area contributed by atoms with Crippen LogP contribution in [0.25, 0.3) is 0 Å². The molecule has 2 aliphatic rings. The molecule has 2 fully saturated rings. The molecular formula is C18H35N3O2. The Morgan fingerprint density at radius 1 is 1.39 bits per heavy atom. The summed E-state index contributed by atoms with van der Waals surface area (Å²) < 4.78 is 5.63. The van der Waals surface area contributed by atoms with Crippen LogP contribution in [0, 0.1) is 17.3 Å². The molecule has 2 N–H and O–H groups in total. The Balaban J connectivity index is 1.96. The number of likely N-dealkylation sites (tertiary alicyclic amines) is 1. The van der Waals surface area contributed by atoms with Gasteiger partial charge in [0.1, 0.15) is 0 Å². The second-order valence-corrected chi connectivity index (χ2v) is 7.68. The summed E-state index contributed by atoms with van der Waals surface area (Å²) in [5.41, 5.74) is 0.360. The predicted octanol–water partition coefficient (Wildman–Crippen LogP) is 2.11. The highest BCUT2D eigenvalue weighted by atomic mass is 16.5. The number of guanidine groups is 1. The van der Waals surface area contributed by atoms with Gasteiger partial charge in [-0.15, -0.1) is 0 Å². The van der Waals surface area contributed by atoms with Crippen LogP contribution in [0.2, 0.25) is 0 Å². The zero-order chi connectivity index (χ0) is 16.7. The van der Waals surface area contributed by atoms with E-state index in [0.717, 1.165) is 58.2 Å². The fraction of sp³-hybridized carbons (Fsp3) is 0.944. The average molecular weight is 325 g/mol. The molecule has 0 amide bonds. The van der Waals surface area contributed by atoms with Gasteiger partial charge in [-0.3, -0.25) is 4.99 Å². The SMILES string of the molecule is CCNC(=NCC(CCO)CC(C)C)N1CCC2(CCOC2)C1. The third kappa shape index (κ3) is 5.35. The van der Waals surface area contributed by atoms with Crippen LogP contribution >= 0.6 is 0 Å². The Kier molecular flexibility index (Phi) is 7.15. The zero-order valence-corrected chi connectivity index (χ0v) is 15.2. The van der Waals surface area contributed by atoms with Gasteiger partial charge in [0.2, 0.25) is 0 Å². The molecule has 23 heavy (non-hydrogen) atoms. The fourth-order valence-corrected chi connectivity index (χ4v) is 3.86. The summed E-state index contributed by atoms with van der Waals surface area (Å²) in [6, 6.07) is 0. The van der Waals surface area contributed by atoms with E-state index in [1.54, 1.807) is 0 Å². The number of nitrogens with one attached hydrogen (secondary N) is 1. The van der Waals surface area contributed by atoms with Gasteiger partial charge < -0.3 is 20.1 Å². The maximum absolute atomic E-state index is 9.28. The monoisotopic (exact) mass is 325 g/mol. The number of hydrogen-bond donors (Lipinski definition) is 2. The van der Waals surface area contributed by atoms with E-state index >= 15 is 0 Å². The molecule has 5 heteroatoms. The molecule has 2 atom stereocenters. The van der Waals surface area contributed by atoms with Gasteiger partial charge in [-0.05, 0) is 44.4 Å². The van der Waals surface area contributed by atoms with Crippen LogP contribution in [0.1, 0.15) is 46.5 Å². The van der Waals surface area contributed by atoms with Crippen molar-refractivity contribution < 1.29 is 9.84 Å². The van der Waals surface area contributed by atoms with E-state index in [1.807, 2.05) is 0 Å². The third-order valence-corrected chi connectivity index (χ3v) is 5.10. The Morgan fingerprint density at radius 3 is 2.83 bits per heavy atom. The van der Waals surface area contributed by atoms with E-state index in [9.17, 15) is 5.11 Å². The van der Waals surface area contributed by atoms with Gasteiger partial charge in [-0.2, -0.15) is 0 Å². The minimum atomic E-state index is 0.258. The van der Waals surface area contributed by atoms with Crippen LogP contribution in [0.3, 0.4) is 0 Å². The summed E-state index contributed by atoms with van der Waals surface area (Å²) in [5.74, 6) is 2.16. The second kappa shape index (κ2) is 8.88. The first-order valence-corrected chi connectivity index (χ1v) is 9.30. The predicted molar refractivity (Wildman–Crippen MR) is 94.7 cm³/mol. The number of aliphatic hydroxyl groups excluding tert-OH is 1. The van der Waals surface area contributed by atoms with Crippen LogP contribution in [0.15, 0.2) is 4.99 Å². The Bertz CT molecular complexity index is 378. The molecule has 0 aromatic carbocycles. The van der Waals surface area contributed by atoms with Crippen LogP contribution in [-0.4, -0.2) is 62.0 Å². The Morgan fingerprint density at radius 2 is 2.22 bits per heavy atom. The molecule has 0 aromatic rings. The zero-order valence-electron chi connectivity index (χ0n) is 15.2. The van der Waals surface area contributed by atoms with E-state index in [0.29, 0.717) is 17.3 Å². The standard InChI is InChI=1S/C18H35N3O2/c1-4-19-17(20-12-16(5-9-22)11-15(2)3)21-8-6-18(13-21)7-10-23-14-18/h15-16,22H,4-14H2,1-3H3,(H,19,20). The van der Waals surface area contributed by atoms with Crippen molar-refractivity contribution in [1.82, 2.24) is 10.2 Å². The molecule has 2 unspecified atom stereocenters. The van der Waals surface area contributed by atoms with Gasteiger partial charge in [-0.1, -0.05) is 13.8 Å². The summed E-state index contributed by atoms with van der Waals surface area (Å²) in [4.78, 5) is 7.31. The normalized spacial score (nSPS) is 26.5. The Labute approximate surface area is 141 Å². The highest BCUT2D eigenvalue weighted by molar-refractivity contribution is 5.80. The molecular weight excluding hydrogens is 290 g/mol. The minimum absolute atomic E-state index is 0.258. The van der Waals surface area contributed by atoms with Crippen molar-refractivity contribution in [3.63, 3.8) is 0 Å². The number of ether oxygens (including phenoxy) is 1. The molecule has 2 saturated heterocycles. The maximum atomic E-state index is 9.28. The van der Waals surface area contributed by atoms with Gasteiger partial charge >= 0.3 is 0 Å². The first kappa shape index (κ1) is 18.5. The third-order valence-electron chi connectivity index (χ3n) is 5.10. The summed E-state index contributed by atoms with van der Waals surface area (Å²) in [6.07, 6.45) is 4.37. The number of aliphatic hydroxyl groups is 1. The van der Waals surface area contributed by atoms with Crippen LogP contribution in [0.5, 0.6) is 0 Å². The first-order chi connectivity index (χ1) is 11.1. The number of hydrogen-bond acceptors (Lipinski definition) is 3. The van der Waals surface area contributed by atoms with Crippen LogP contribution < -0.4 is 5.32 Å². The van der Waals surface area contributed by atoms with E-state index in [1.165, 1.54) is 12.8 Å². The lowest BCUT2D eigenvalue weighted by Gasteiger charge is -2.25. The molecule has 0 bridgehead atoms. The Hall–Kier alpha value is -0.810. The molecule has 134 valence electrons. The fourth-order valence-electron chi connectivity index (χ4n) is 3.86. The quantitative estimate of drug-likeness (QED) is 0.556. The van der Waals surface area contributed by atoms with E-state index < -0.39 is 0 Å². The molecule has 0 radical (unpaired) electrons. The number of aliphatic imine (C=N–C) groups is 1. The van der Waals surface area contributed by atoms with E-state index in [-0.39, 0.29) is 6.61 Å². The largest absolute Gasteiger partial charge is 0.396 e. The van der Waals surface area contributed by atoms with Crippen LogP contribution in [-0.2, 0) is 4.74 Å². The van der Waals surface area contributed by atoms with Crippen molar-refractivity contribution in [2.24, 2.45) is 22.2 Å². The van der Waals surface area contributed by atoms with Crippen molar-refractivity contribution in [1.29, 1.82) is 0 Å². The van der Waals surface area contributed by atoms with Gasteiger partial charge in [-0.25, -0.2) is 0 Å². The molecule has 0 saturated carbocycles. The second-order valence-electron chi connectivity index (χ2n) is 7.68. The molecule has 5 nitrogen and oxygen atoms in total. The molecule has 1 spiro atoms. The number of rotatable bonds is 7. The first-order valence-electron chi connectivity index (χ1n) is 9.30. The van der Waals surface area contributed by atoms with Gasteiger partial charge in [0, 0.05) is 44.8 Å². The molecule has 0 aliphatic carbocycles. The average Bonchev–Trinajstić information content (AvgIpc) is 3.13.